The Kier molecular flexibility index (Phi) is 2.56. The van der Waals surface area contributed by atoms with Gasteiger partial charge in [-0.3, -0.25) is 5.41 Å². The Morgan fingerprint density at radius 2 is 1.85 bits per heavy atom. The monoisotopic (exact) mass is 180 g/mol. The van der Waals surface area contributed by atoms with Gasteiger partial charge in [-0.05, 0) is 31.6 Å². The Balaban J connectivity index is 1.95. The van der Waals surface area contributed by atoms with E-state index in [1.807, 2.05) is 0 Å². The van der Waals surface area contributed by atoms with E-state index in [0.29, 0.717) is 5.92 Å². The summed E-state index contributed by atoms with van der Waals surface area (Å²) in [6.07, 6.45) is 6.52. The fourth-order valence-electron chi connectivity index (χ4n) is 2.74. The molecule has 1 heterocycles. The van der Waals surface area contributed by atoms with E-state index >= 15 is 0 Å². The van der Waals surface area contributed by atoms with Crippen LogP contribution in [0.15, 0.2) is 0 Å². The van der Waals surface area contributed by atoms with Gasteiger partial charge in [-0.1, -0.05) is 13.3 Å². The first-order valence-corrected chi connectivity index (χ1v) is 5.62. The largest absolute Gasteiger partial charge is 0.360 e. The zero-order chi connectivity index (χ0) is 9.26. The van der Waals surface area contributed by atoms with Crippen molar-refractivity contribution in [3.05, 3.63) is 0 Å². The molecule has 0 amide bonds. The summed E-state index contributed by atoms with van der Waals surface area (Å²) in [4.78, 5) is 2.30. The van der Waals surface area contributed by atoms with E-state index in [-0.39, 0.29) is 0 Å². The molecule has 0 aromatic carbocycles. The van der Waals surface area contributed by atoms with Crippen molar-refractivity contribution in [1.82, 2.24) is 4.90 Å². The average molecular weight is 180 g/mol. The predicted octanol–water partition coefficient (Wildman–Crippen LogP) is 2.50. The lowest BCUT2D eigenvalue weighted by Gasteiger charge is -2.25. The molecule has 1 saturated heterocycles. The van der Waals surface area contributed by atoms with Crippen LogP contribution >= 0.6 is 0 Å². The van der Waals surface area contributed by atoms with Gasteiger partial charge in [0.25, 0.3) is 0 Å². The summed E-state index contributed by atoms with van der Waals surface area (Å²) < 4.78 is 0. The smallest absolute Gasteiger partial charge is 0.0992 e. The van der Waals surface area contributed by atoms with E-state index in [0.717, 1.165) is 24.8 Å². The predicted molar refractivity (Wildman–Crippen MR) is 55.0 cm³/mol. The number of hydrogen-bond acceptors (Lipinski definition) is 1. The highest BCUT2D eigenvalue weighted by Gasteiger charge is 2.30. The van der Waals surface area contributed by atoms with Crippen molar-refractivity contribution < 1.29 is 0 Å². The Morgan fingerprint density at radius 3 is 2.38 bits per heavy atom. The van der Waals surface area contributed by atoms with Crippen molar-refractivity contribution in [2.75, 3.05) is 13.1 Å². The molecule has 2 atom stereocenters. The lowest BCUT2D eigenvalue weighted by atomic mass is 9.96. The summed E-state index contributed by atoms with van der Waals surface area (Å²) in [6.45, 7) is 4.59. The Morgan fingerprint density at radius 1 is 1.15 bits per heavy atom. The molecule has 2 aliphatic rings. The van der Waals surface area contributed by atoms with Crippen LogP contribution in [0.5, 0.6) is 0 Å². The summed E-state index contributed by atoms with van der Waals surface area (Å²) in [5.74, 6) is 2.29. The molecule has 2 fully saturated rings. The van der Waals surface area contributed by atoms with Crippen molar-refractivity contribution in [1.29, 1.82) is 5.41 Å². The van der Waals surface area contributed by atoms with Crippen LogP contribution in [0, 0.1) is 17.2 Å². The summed E-state index contributed by atoms with van der Waals surface area (Å²) in [5, 5.41) is 8.14. The van der Waals surface area contributed by atoms with E-state index in [9.17, 15) is 0 Å². The molecule has 2 heteroatoms. The average Bonchev–Trinajstić information content (AvgIpc) is 2.72. The van der Waals surface area contributed by atoms with Crippen molar-refractivity contribution in [3.63, 3.8) is 0 Å². The highest BCUT2D eigenvalue weighted by Crippen LogP contribution is 2.33. The van der Waals surface area contributed by atoms with Crippen LogP contribution in [0.3, 0.4) is 0 Å². The molecule has 0 spiro atoms. The van der Waals surface area contributed by atoms with Gasteiger partial charge in [0.2, 0.25) is 0 Å². The summed E-state index contributed by atoms with van der Waals surface area (Å²) in [7, 11) is 0. The molecular weight excluding hydrogens is 160 g/mol. The van der Waals surface area contributed by atoms with Crippen LogP contribution in [-0.4, -0.2) is 23.8 Å². The number of hydrogen-bond donors (Lipinski definition) is 1. The molecule has 74 valence electrons. The van der Waals surface area contributed by atoms with Crippen LogP contribution in [0.1, 0.15) is 39.0 Å². The fraction of sp³-hybridized carbons (Fsp3) is 0.909. The molecular formula is C11H20N2. The van der Waals surface area contributed by atoms with E-state index in [1.54, 1.807) is 0 Å². The first-order chi connectivity index (χ1) is 6.29. The highest BCUT2D eigenvalue weighted by atomic mass is 15.2. The third kappa shape index (κ3) is 1.72. The number of likely N-dealkylation sites (tertiary alicyclic amines) is 1. The molecule has 0 radical (unpaired) electrons. The van der Waals surface area contributed by atoms with Crippen LogP contribution in [-0.2, 0) is 0 Å². The van der Waals surface area contributed by atoms with Crippen molar-refractivity contribution in [3.8, 4) is 0 Å². The minimum absolute atomic E-state index is 0.582. The number of nitrogens with one attached hydrogen (secondary N) is 1. The minimum atomic E-state index is 0.582. The van der Waals surface area contributed by atoms with Gasteiger partial charge in [0, 0.05) is 19.0 Å². The molecule has 0 aromatic heterocycles. The van der Waals surface area contributed by atoms with Crippen LogP contribution in [0.25, 0.3) is 0 Å². The first kappa shape index (κ1) is 9.04. The Bertz CT molecular complexity index is 194. The molecule has 1 aliphatic heterocycles. The third-order valence-electron chi connectivity index (χ3n) is 3.66. The first-order valence-electron chi connectivity index (χ1n) is 5.62. The second-order valence-electron chi connectivity index (χ2n) is 4.59. The maximum absolute atomic E-state index is 8.14. The van der Waals surface area contributed by atoms with Crippen molar-refractivity contribution in [2.45, 2.75) is 39.0 Å². The van der Waals surface area contributed by atoms with Gasteiger partial charge in [-0.15, -0.1) is 0 Å². The lowest BCUT2D eigenvalue weighted by Crippen LogP contribution is -2.34. The number of amidine groups is 1. The van der Waals surface area contributed by atoms with E-state index in [2.05, 4.69) is 11.8 Å². The standard InChI is InChI=1S/C11H20N2/c1-9-5-4-6-10(9)11(12)13-7-2-3-8-13/h9-10,12H,2-8H2,1H3. The van der Waals surface area contributed by atoms with Crippen molar-refractivity contribution >= 4 is 5.84 Å². The third-order valence-corrected chi connectivity index (χ3v) is 3.66. The van der Waals surface area contributed by atoms with Crippen molar-refractivity contribution in [2.24, 2.45) is 11.8 Å². The van der Waals surface area contributed by atoms with Gasteiger partial charge in [-0.2, -0.15) is 0 Å². The van der Waals surface area contributed by atoms with Gasteiger partial charge < -0.3 is 4.90 Å². The minimum Gasteiger partial charge on any atom is -0.360 e. The van der Waals surface area contributed by atoms with Gasteiger partial charge in [0.1, 0.15) is 0 Å². The molecule has 1 saturated carbocycles. The zero-order valence-electron chi connectivity index (χ0n) is 8.55. The van der Waals surface area contributed by atoms with Gasteiger partial charge in [-0.25, -0.2) is 0 Å². The molecule has 2 nitrogen and oxygen atoms in total. The highest BCUT2D eigenvalue weighted by molar-refractivity contribution is 5.82. The lowest BCUT2D eigenvalue weighted by molar-refractivity contribution is 0.429. The second-order valence-corrected chi connectivity index (χ2v) is 4.59. The van der Waals surface area contributed by atoms with Crippen LogP contribution in [0.4, 0.5) is 0 Å². The fourth-order valence-corrected chi connectivity index (χ4v) is 2.74. The van der Waals surface area contributed by atoms with Gasteiger partial charge in [0.05, 0.1) is 5.84 Å². The number of rotatable bonds is 1. The normalized spacial score (nSPS) is 34.1. The molecule has 0 aromatic rings. The molecule has 1 aliphatic carbocycles. The summed E-state index contributed by atoms with van der Waals surface area (Å²) >= 11 is 0. The summed E-state index contributed by atoms with van der Waals surface area (Å²) in [6, 6.07) is 0. The summed E-state index contributed by atoms with van der Waals surface area (Å²) in [5.41, 5.74) is 0. The van der Waals surface area contributed by atoms with E-state index in [1.165, 1.54) is 32.1 Å². The Labute approximate surface area is 80.8 Å². The quantitative estimate of drug-likeness (QED) is 0.487. The maximum Gasteiger partial charge on any atom is 0.0992 e. The van der Waals surface area contributed by atoms with Gasteiger partial charge >= 0.3 is 0 Å². The topological polar surface area (TPSA) is 27.1 Å². The second kappa shape index (κ2) is 3.69. The van der Waals surface area contributed by atoms with E-state index in [4.69, 9.17) is 5.41 Å². The molecule has 2 unspecified atom stereocenters. The molecule has 2 rings (SSSR count). The maximum atomic E-state index is 8.14. The van der Waals surface area contributed by atoms with Gasteiger partial charge in [0.15, 0.2) is 0 Å². The molecule has 0 bridgehead atoms. The Hall–Kier alpha value is -0.530. The van der Waals surface area contributed by atoms with Crippen LogP contribution in [0.2, 0.25) is 0 Å². The van der Waals surface area contributed by atoms with Crippen LogP contribution < -0.4 is 0 Å². The number of nitrogens with zero attached hydrogens (tertiary/aromatic N) is 1. The van der Waals surface area contributed by atoms with E-state index < -0.39 is 0 Å². The zero-order valence-corrected chi connectivity index (χ0v) is 8.55. The SMILES string of the molecule is CC1CCCC1C(=N)N1CCCC1. The molecule has 1 N–H and O–H groups in total. The molecule has 13 heavy (non-hydrogen) atoms.